The summed E-state index contributed by atoms with van der Waals surface area (Å²) in [4.78, 5) is 14.5. The lowest BCUT2D eigenvalue weighted by atomic mass is 10.1. The Morgan fingerprint density at radius 2 is 1.58 bits per heavy atom. The topological polar surface area (TPSA) is 29.5 Å². The average Bonchev–Trinajstić information content (AvgIpc) is 2.72. The van der Waals surface area contributed by atoms with Crippen molar-refractivity contribution in [3.8, 4) is 5.75 Å². The Bertz CT molecular complexity index is 895. The summed E-state index contributed by atoms with van der Waals surface area (Å²) in [6.07, 6.45) is 3.46. The summed E-state index contributed by atoms with van der Waals surface area (Å²) in [6.45, 7) is 2.26. The van der Waals surface area contributed by atoms with E-state index in [1.807, 2.05) is 47.4 Å². The van der Waals surface area contributed by atoms with Crippen molar-refractivity contribution in [3.63, 3.8) is 0 Å². The van der Waals surface area contributed by atoms with Crippen LogP contribution in [-0.4, -0.2) is 23.9 Å². The third-order valence-electron chi connectivity index (χ3n) is 4.97. The van der Waals surface area contributed by atoms with E-state index in [9.17, 15) is 4.79 Å². The van der Waals surface area contributed by atoms with Crippen molar-refractivity contribution in [1.29, 1.82) is 0 Å². The first kappa shape index (κ1) is 16.6. The Kier molecular flexibility index (Phi) is 4.87. The lowest BCUT2D eigenvalue weighted by Gasteiger charge is -2.26. The number of rotatable bonds is 4. The molecule has 132 valence electrons. The zero-order valence-electron chi connectivity index (χ0n) is 14.9. The van der Waals surface area contributed by atoms with Gasteiger partial charge in [-0.2, -0.15) is 0 Å². The Labute approximate surface area is 154 Å². The molecule has 0 unspecified atom stereocenters. The zero-order valence-corrected chi connectivity index (χ0v) is 14.9. The minimum Gasteiger partial charge on any atom is -0.489 e. The molecule has 0 bridgehead atoms. The highest BCUT2D eigenvalue weighted by Crippen LogP contribution is 2.21. The monoisotopic (exact) mass is 345 g/mol. The highest BCUT2D eigenvalue weighted by atomic mass is 16.5. The van der Waals surface area contributed by atoms with Crippen LogP contribution >= 0.6 is 0 Å². The number of ether oxygens (including phenoxy) is 1. The highest BCUT2D eigenvalue weighted by Gasteiger charge is 2.17. The predicted octanol–water partition coefficient (Wildman–Crippen LogP) is 5.04. The maximum atomic E-state index is 12.5. The fourth-order valence-corrected chi connectivity index (χ4v) is 3.45. The second kappa shape index (κ2) is 7.61. The molecule has 0 spiro atoms. The van der Waals surface area contributed by atoms with Crippen LogP contribution in [0.15, 0.2) is 66.7 Å². The minimum atomic E-state index is 0.145. The van der Waals surface area contributed by atoms with Crippen LogP contribution < -0.4 is 4.74 Å². The summed E-state index contributed by atoms with van der Waals surface area (Å²) in [6, 6.07) is 22.2. The molecule has 3 aromatic carbocycles. The summed E-state index contributed by atoms with van der Waals surface area (Å²) in [5, 5.41) is 2.38. The summed E-state index contributed by atoms with van der Waals surface area (Å²) in [7, 11) is 0. The van der Waals surface area contributed by atoms with E-state index in [1.54, 1.807) is 0 Å². The summed E-state index contributed by atoms with van der Waals surface area (Å²) in [5.41, 5.74) is 1.83. The van der Waals surface area contributed by atoms with Gasteiger partial charge in [-0.15, -0.1) is 0 Å². The van der Waals surface area contributed by atoms with Gasteiger partial charge in [0.05, 0.1) is 0 Å². The Morgan fingerprint density at radius 3 is 2.35 bits per heavy atom. The molecule has 1 amide bonds. The largest absolute Gasteiger partial charge is 0.489 e. The van der Waals surface area contributed by atoms with E-state index >= 15 is 0 Å². The van der Waals surface area contributed by atoms with Crippen LogP contribution in [-0.2, 0) is 6.61 Å². The molecule has 3 heteroatoms. The Balaban J connectivity index is 1.39. The van der Waals surface area contributed by atoms with Crippen LogP contribution in [0.4, 0.5) is 0 Å². The van der Waals surface area contributed by atoms with Crippen LogP contribution in [0.1, 0.15) is 35.2 Å². The van der Waals surface area contributed by atoms with Crippen molar-refractivity contribution in [2.24, 2.45) is 0 Å². The minimum absolute atomic E-state index is 0.145. The number of benzene rings is 3. The van der Waals surface area contributed by atoms with Crippen LogP contribution in [0, 0.1) is 0 Å². The van der Waals surface area contributed by atoms with Crippen molar-refractivity contribution >= 4 is 16.7 Å². The molecule has 1 fully saturated rings. The number of nitrogens with zero attached hydrogens (tertiary/aromatic N) is 1. The smallest absolute Gasteiger partial charge is 0.253 e. The number of amides is 1. The van der Waals surface area contributed by atoms with Gasteiger partial charge in [0.2, 0.25) is 0 Å². The SMILES string of the molecule is O=C(c1ccc(COc2ccc3ccccc3c2)cc1)N1CCCCC1. The van der Waals surface area contributed by atoms with Gasteiger partial charge >= 0.3 is 0 Å². The fourth-order valence-electron chi connectivity index (χ4n) is 3.45. The van der Waals surface area contributed by atoms with Crippen LogP contribution in [0.5, 0.6) is 5.75 Å². The van der Waals surface area contributed by atoms with Gasteiger partial charge in [0.1, 0.15) is 12.4 Å². The van der Waals surface area contributed by atoms with Gasteiger partial charge in [0.25, 0.3) is 5.91 Å². The number of hydrogen-bond acceptors (Lipinski definition) is 2. The summed E-state index contributed by atoms with van der Waals surface area (Å²) in [5.74, 6) is 1.00. The van der Waals surface area contributed by atoms with Gasteiger partial charge in [-0.05, 0) is 59.9 Å². The fraction of sp³-hybridized carbons (Fsp3) is 0.261. The Morgan fingerprint density at radius 1 is 0.846 bits per heavy atom. The van der Waals surface area contributed by atoms with E-state index in [0.717, 1.165) is 42.8 Å². The van der Waals surface area contributed by atoms with E-state index in [1.165, 1.54) is 17.2 Å². The standard InChI is InChI=1S/C23H23NO2/c25-23(24-14-4-1-5-15-24)20-10-8-18(9-11-20)17-26-22-13-12-19-6-2-3-7-21(19)16-22/h2-3,6-13,16H,1,4-5,14-15,17H2. The maximum Gasteiger partial charge on any atom is 0.253 e. The summed E-state index contributed by atoms with van der Waals surface area (Å²) < 4.78 is 5.92. The van der Waals surface area contributed by atoms with E-state index in [-0.39, 0.29) is 5.91 Å². The molecule has 1 aliphatic rings. The number of fused-ring (bicyclic) bond motifs is 1. The van der Waals surface area contributed by atoms with E-state index in [0.29, 0.717) is 6.61 Å². The quantitative estimate of drug-likeness (QED) is 0.662. The molecule has 4 rings (SSSR count). The third-order valence-corrected chi connectivity index (χ3v) is 4.97. The van der Waals surface area contributed by atoms with Gasteiger partial charge in [0.15, 0.2) is 0 Å². The van der Waals surface area contributed by atoms with Gasteiger partial charge in [-0.1, -0.05) is 42.5 Å². The second-order valence-electron chi connectivity index (χ2n) is 6.85. The highest BCUT2D eigenvalue weighted by molar-refractivity contribution is 5.94. The molecule has 0 saturated carbocycles. The third kappa shape index (κ3) is 3.72. The van der Waals surface area contributed by atoms with E-state index < -0.39 is 0 Å². The average molecular weight is 345 g/mol. The maximum absolute atomic E-state index is 12.5. The second-order valence-corrected chi connectivity index (χ2v) is 6.85. The van der Waals surface area contributed by atoms with Crippen LogP contribution in [0.25, 0.3) is 10.8 Å². The predicted molar refractivity (Wildman–Crippen MR) is 104 cm³/mol. The molecule has 0 N–H and O–H groups in total. The van der Waals surface area contributed by atoms with Crippen LogP contribution in [0.3, 0.4) is 0 Å². The number of carbonyl (C=O) groups excluding carboxylic acids is 1. The molecule has 0 aliphatic carbocycles. The normalized spacial score (nSPS) is 14.4. The van der Waals surface area contributed by atoms with Crippen LogP contribution in [0.2, 0.25) is 0 Å². The van der Waals surface area contributed by atoms with Gasteiger partial charge in [-0.3, -0.25) is 4.79 Å². The van der Waals surface area contributed by atoms with Crippen molar-refractivity contribution in [1.82, 2.24) is 4.90 Å². The molecule has 1 saturated heterocycles. The lowest BCUT2D eigenvalue weighted by Crippen LogP contribution is -2.35. The number of carbonyl (C=O) groups is 1. The van der Waals surface area contributed by atoms with Gasteiger partial charge in [-0.25, -0.2) is 0 Å². The molecule has 1 heterocycles. The summed E-state index contributed by atoms with van der Waals surface area (Å²) >= 11 is 0. The molecular formula is C23H23NO2. The molecule has 0 atom stereocenters. The molecule has 26 heavy (non-hydrogen) atoms. The van der Waals surface area contributed by atoms with Crippen molar-refractivity contribution in [2.45, 2.75) is 25.9 Å². The number of likely N-dealkylation sites (tertiary alicyclic amines) is 1. The first-order chi connectivity index (χ1) is 12.8. The zero-order chi connectivity index (χ0) is 17.8. The number of hydrogen-bond donors (Lipinski definition) is 0. The first-order valence-electron chi connectivity index (χ1n) is 9.29. The van der Waals surface area contributed by atoms with Gasteiger partial charge < -0.3 is 9.64 Å². The molecule has 3 aromatic rings. The van der Waals surface area contributed by atoms with Crippen molar-refractivity contribution in [3.05, 3.63) is 77.9 Å². The molecule has 1 aliphatic heterocycles. The molecule has 0 radical (unpaired) electrons. The van der Waals surface area contributed by atoms with E-state index in [4.69, 9.17) is 4.74 Å². The van der Waals surface area contributed by atoms with Crippen molar-refractivity contribution in [2.75, 3.05) is 13.1 Å². The number of piperidine rings is 1. The van der Waals surface area contributed by atoms with Gasteiger partial charge in [0, 0.05) is 18.7 Å². The van der Waals surface area contributed by atoms with Crippen molar-refractivity contribution < 1.29 is 9.53 Å². The van der Waals surface area contributed by atoms with E-state index in [2.05, 4.69) is 24.3 Å². The first-order valence-corrected chi connectivity index (χ1v) is 9.29. The molecule has 0 aromatic heterocycles. The lowest BCUT2D eigenvalue weighted by molar-refractivity contribution is 0.0724. The molecule has 3 nitrogen and oxygen atoms in total. The Hall–Kier alpha value is -2.81. The molecular weight excluding hydrogens is 322 g/mol.